The number of sulfonamides is 1. The third-order valence-corrected chi connectivity index (χ3v) is 4.78. The summed E-state index contributed by atoms with van der Waals surface area (Å²) in [6, 6.07) is 5.17. The lowest BCUT2D eigenvalue weighted by molar-refractivity contribution is 0.403. The highest BCUT2D eigenvalue weighted by Crippen LogP contribution is 2.32. The van der Waals surface area contributed by atoms with E-state index in [-0.39, 0.29) is 10.9 Å². The largest absolute Gasteiger partial charge is 0.243 e. The van der Waals surface area contributed by atoms with Gasteiger partial charge in [-0.2, -0.15) is 4.31 Å². The fraction of sp³-hybridized carbons (Fsp3) is 0.500. The molecule has 1 aliphatic rings. The minimum atomic E-state index is -3.45. The second-order valence-corrected chi connectivity index (χ2v) is 6.19. The molecule has 0 radical (unpaired) electrons. The van der Waals surface area contributed by atoms with E-state index in [2.05, 4.69) is 0 Å². The molecule has 0 saturated heterocycles. The maximum Gasteiger partial charge on any atom is 0.243 e. The molecule has 0 atom stereocenters. The number of hydrogen-bond acceptors (Lipinski definition) is 2. The van der Waals surface area contributed by atoms with Crippen molar-refractivity contribution in [2.75, 3.05) is 6.54 Å². The van der Waals surface area contributed by atoms with Crippen LogP contribution in [0.3, 0.4) is 0 Å². The number of halogens is 1. The van der Waals surface area contributed by atoms with Gasteiger partial charge in [0.25, 0.3) is 0 Å². The smallest absolute Gasteiger partial charge is 0.207 e. The monoisotopic (exact) mass is 257 g/mol. The average Bonchev–Trinajstić information content (AvgIpc) is 3.10. The van der Waals surface area contributed by atoms with Crippen molar-refractivity contribution in [3.63, 3.8) is 0 Å². The van der Waals surface area contributed by atoms with E-state index in [9.17, 15) is 12.8 Å². The van der Waals surface area contributed by atoms with E-state index in [1.165, 1.54) is 24.3 Å². The molecule has 1 saturated carbocycles. The summed E-state index contributed by atoms with van der Waals surface area (Å²) in [4.78, 5) is 0.180. The summed E-state index contributed by atoms with van der Waals surface area (Å²) in [7, 11) is -3.45. The van der Waals surface area contributed by atoms with Crippen LogP contribution in [0.2, 0.25) is 0 Å². The number of hydrogen-bond donors (Lipinski definition) is 0. The Morgan fingerprint density at radius 3 is 2.35 bits per heavy atom. The Labute approximate surface area is 101 Å². The highest BCUT2D eigenvalue weighted by Gasteiger charge is 2.37. The van der Waals surface area contributed by atoms with Gasteiger partial charge in [0.05, 0.1) is 4.90 Å². The molecule has 0 N–H and O–H groups in total. The van der Waals surface area contributed by atoms with Gasteiger partial charge < -0.3 is 0 Å². The molecule has 0 aromatic heterocycles. The van der Waals surface area contributed by atoms with Crippen LogP contribution in [0.25, 0.3) is 0 Å². The number of rotatable bonds is 5. The maximum atomic E-state index is 12.8. The molecule has 1 fully saturated rings. The summed E-state index contributed by atoms with van der Waals surface area (Å²) in [5.74, 6) is -0.419. The first kappa shape index (κ1) is 12.5. The fourth-order valence-corrected chi connectivity index (χ4v) is 3.60. The lowest BCUT2D eigenvalue weighted by Gasteiger charge is -2.21. The van der Waals surface area contributed by atoms with Crippen LogP contribution in [0.1, 0.15) is 26.2 Å². The van der Waals surface area contributed by atoms with Crippen molar-refractivity contribution in [3.05, 3.63) is 30.1 Å². The Kier molecular flexibility index (Phi) is 3.49. The van der Waals surface area contributed by atoms with Gasteiger partial charge in [-0.15, -0.1) is 0 Å². The molecular weight excluding hydrogens is 241 g/mol. The lowest BCUT2D eigenvalue weighted by atomic mass is 10.4. The van der Waals surface area contributed by atoms with E-state index >= 15 is 0 Å². The topological polar surface area (TPSA) is 37.4 Å². The first-order chi connectivity index (χ1) is 8.05. The quantitative estimate of drug-likeness (QED) is 0.812. The minimum absolute atomic E-state index is 0.144. The van der Waals surface area contributed by atoms with Crippen LogP contribution in [0.15, 0.2) is 29.2 Å². The van der Waals surface area contributed by atoms with Gasteiger partial charge in [0.15, 0.2) is 0 Å². The van der Waals surface area contributed by atoms with E-state index in [1.54, 1.807) is 4.31 Å². The molecule has 5 heteroatoms. The fourth-order valence-electron chi connectivity index (χ4n) is 1.82. The van der Waals surface area contributed by atoms with Crippen LogP contribution in [-0.4, -0.2) is 25.3 Å². The zero-order valence-electron chi connectivity index (χ0n) is 9.77. The molecule has 3 nitrogen and oxygen atoms in total. The van der Waals surface area contributed by atoms with Crippen LogP contribution in [0.4, 0.5) is 4.39 Å². The van der Waals surface area contributed by atoms with E-state index in [0.717, 1.165) is 19.3 Å². The van der Waals surface area contributed by atoms with Gasteiger partial charge in [0.1, 0.15) is 5.82 Å². The zero-order valence-corrected chi connectivity index (χ0v) is 10.6. The summed E-state index contributed by atoms with van der Waals surface area (Å²) >= 11 is 0. The van der Waals surface area contributed by atoms with Crippen LogP contribution in [-0.2, 0) is 10.0 Å². The first-order valence-corrected chi connectivity index (χ1v) is 7.27. The van der Waals surface area contributed by atoms with E-state index in [1.807, 2.05) is 6.92 Å². The molecule has 2 rings (SSSR count). The summed E-state index contributed by atoms with van der Waals surface area (Å²) in [5, 5.41) is 0. The molecule has 94 valence electrons. The standard InChI is InChI=1S/C12H16FNO2S/c1-2-9-14(11-5-6-11)17(15,16)12-7-3-10(13)4-8-12/h3-4,7-8,11H,2,5-6,9H2,1H3. The molecule has 0 aliphatic heterocycles. The van der Waals surface area contributed by atoms with E-state index in [0.29, 0.717) is 6.54 Å². The van der Waals surface area contributed by atoms with Crippen molar-refractivity contribution in [1.29, 1.82) is 0 Å². The van der Waals surface area contributed by atoms with Gasteiger partial charge in [0, 0.05) is 12.6 Å². The zero-order chi connectivity index (χ0) is 12.5. The summed E-state index contributed by atoms with van der Waals surface area (Å²) in [6.07, 6.45) is 2.65. The second-order valence-electron chi connectivity index (χ2n) is 4.30. The Morgan fingerprint density at radius 1 is 1.29 bits per heavy atom. The van der Waals surface area contributed by atoms with Crippen molar-refractivity contribution in [2.24, 2.45) is 0 Å². The number of benzene rings is 1. The van der Waals surface area contributed by atoms with Crippen molar-refractivity contribution < 1.29 is 12.8 Å². The highest BCUT2D eigenvalue weighted by atomic mass is 32.2. The van der Waals surface area contributed by atoms with Gasteiger partial charge in [-0.3, -0.25) is 0 Å². The van der Waals surface area contributed by atoms with E-state index < -0.39 is 15.8 Å². The molecule has 0 heterocycles. The molecule has 1 aromatic rings. The molecule has 1 aromatic carbocycles. The normalized spacial score (nSPS) is 16.4. The Hall–Kier alpha value is -0.940. The molecule has 0 amide bonds. The molecule has 0 spiro atoms. The lowest BCUT2D eigenvalue weighted by Crippen LogP contribution is -2.33. The third kappa shape index (κ3) is 2.66. The van der Waals surface area contributed by atoms with E-state index in [4.69, 9.17) is 0 Å². The molecule has 0 unspecified atom stereocenters. The molecule has 1 aliphatic carbocycles. The van der Waals surface area contributed by atoms with Crippen molar-refractivity contribution >= 4 is 10.0 Å². The predicted molar refractivity (Wildman–Crippen MR) is 63.6 cm³/mol. The maximum absolute atomic E-state index is 12.8. The Balaban J connectivity index is 2.30. The van der Waals surface area contributed by atoms with Gasteiger partial charge in [-0.25, -0.2) is 12.8 Å². The van der Waals surface area contributed by atoms with Crippen LogP contribution in [0, 0.1) is 5.82 Å². The summed E-state index contributed by atoms with van der Waals surface area (Å²) in [5.41, 5.74) is 0. The van der Waals surface area contributed by atoms with Gasteiger partial charge in [0.2, 0.25) is 10.0 Å². The van der Waals surface area contributed by atoms with Crippen molar-refractivity contribution in [3.8, 4) is 0 Å². The molecular formula is C12H16FNO2S. The van der Waals surface area contributed by atoms with Gasteiger partial charge >= 0.3 is 0 Å². The second kappa shape index (κ2) is 4.74. The average molecular weight is 257 g/mol. The van der Waals surface area contributed by atoms with Crippen LogP contribution in [0.5, 0.6) is 0 Å². The molecule has 17 heavy (non-hydrogen) atoms. The van der Waals surface area contributed by atoms with Crippen molar-refractivity contribution in [1.82, 2.24) is 4.31 Å². The third-order valence-electron chi connectivity index (χ3n) is 2.82. The van der Waals surface area contributed by atoms with Gasteiger partial charge in [-0.1, -0.05) is 6.92 Å². The predicted octanol–water partition coefficient (Wildman–Crippen LogP) is 2.39. The Morgan fingerprint density at radius 2 is 1.88 bits per heavy atom. The summed E-state index contributed by atoms with van der Waals surface area (Å²) < 4.78 is 39.0. The summed E-state index contributed by atoms with van der Waals surface area (Å²) in [6.45, 7) is 2.49. The highest BCUT2D eigenvalue weighted by molar-refractivity contribution is 7.89. The number of nitrogens with zero attached hydrogens (tertiary/aromatic N) is 1. The van der Waals surface area contributed by atoms with Crippen LogP contribution >= 0.6 is 0 Å². The van der Waals surface area contributed by atoms with Crippen molar-refractivity contribution in [2.45, 2.75) is 37.1 Å². The van der Waals surface area contributed by atoms with Gasteiger partial charge in [-0.05, 0) is 43.5 Å². The van der Waals surface area contributed by atoms with Crippen LogP contribution < -0.4 is 0 Å². The minimum Gasteiger partial charge on any atom is -0.207 e. The molecule has 0 bridgehead atoms. The Bertz CT molecular complexity index is 480. The first-order valence-electron chi connectivity index (χ1n) is 5.83. The SMILES string of the molecule is CCCN(C1CC1)S(=O)(=O)c1ccc(F)cc1.